The molecule has 0 spiro atoms. The molecule has 1 heterocycles. The fourth-order valence-electron chi connectivity index (χ4n) is 1.96. The van der Waals surface area contributed by atoms with E-state index in [1.807, 2.05) is 37.2 Å². The molecule has 0 atom stereocenters. The molecule has 6 heteroatoms. The Bertz CT molecular complexity index is 502. The molecule has 1 aromatic carbocycles. The minimum absolute atomic E-state index is 0.138. The molecule has 1 fully saturated rings. The number of carbonyl (C=O) groups excluding carboxylic acids is 2. The minimum Gasteiger partial charge on any atom is -0.448 e. The number of benzene rings is 1. The minimum atomic E-state index is -0.311. The second kappa shape index (κ2) is 6.27. The Morgan fingerprint density at radius 2 is 2.25 bits per heavy atom. The Hall–Kier alpha value is -2.24. The van der Waals surface area contributed by atoms with Crippen LogP contribution in [0.4, 0.5) is 10.5 Å². The maximum atomic E-state index is 12.0. The van der Waals surface area contributed by atoms with E-state index in [0.29, 0.717) is 31.8 Å². The molecule has 2 rings (SSSR count). The Kier molecular flexibility index (Phi) is 4.45. The molecule has 1 aliphatic heterocycles. The number of anilines is 1. The Morgan fingerprint density at radius 1 is 1.45 bits per heavy atom. The van der Waals surface area contributed by atoms with Gasteiger partial charge in [-0.15, -0.1) is 0 Å². The zero-order chi connectivity index (χ0) is 14.5. The van der Waals surface area contributed by atoms with Gasteiger partial charge in [-0.25, -0.2) is 4.79 Å². The van der Waals surface area contributed by atoms with Crippen molar-refractivity contribution in [3.05, 3.63) is 29.8 Å². The summed E-state index contributed by atoms with van der Waals surface area (Å²) in [5.41, 5.74) is 1.58. The summed E-state index contributed by atoms with van der Waals surface area (Å²) in [6.07, 6.45) is -0.311. The lowest BCUT2D eigenvalue weighted by atomic mass is 10.2. The number of hydrogen-bond donors (Lipinski definition) is 1. The number of cyclic esters (lactones) is 1. The van der Waals surface area contributed by atoms with E-state index in [1.165, 1.54) is 0 Å². The lowest BCUT2D eigenvalue weighted by molar-refractivity contribution is 0.0949. The number of rotatable bonds is 5. The van der Waals surface area contributed by atoms with Crippen molar-refractivity contribution in [2.75, 3.05) is 45.2 Å². The normalized spacial score (nSPS) is 14.1. The number of nitrogens with one attached hydrogen (secondary N) is 1. The van der Waals surface area contributed by atoms with Crippen LogP contribution >= 0.6 is 0 Å². The molecular weight excluding hydrogens is 258 g/mol. The fourth-order valence-corrected chi connectivity index (χ4v) is 1.96. The highest BCUT2D eigenvalue weighted by Gasteiger charge is 2.21. The van der Waals surface area contributed by atoms with E-state index in [4.69, 9.17) is 4.74 Å². The number of ether oxygens (including phenoxy) is 1. The highest BCUT2D eigenvalue weighted by Crippen LogP contribution is 2.13. The molecule has 20 heavy (non-hydrogen) atoms. The smallest absolute Gasteiger partial charge is 0.409 e. The van der Waals surface area contributed by atoms with Crippen LogP contribution in [0, 0.1) is 0 Å². The van der Waals surface area contributed by atoms with Gasteiger partial charge < -0.3 is 19.9 Å². The summed E-state index contributed by atoms with van der Waals surface area (Å²) in [4.78, 5) is 26.8. The van der Waals surface area contributed by atoms with Crippen molar-refractivity contribution in [3.63, 3.8) is 0 Å². The van der Waals surface area contributed by atoms with Crippen LogP contribution in [0.15, 0.2) is 24.3 Å². The van der Waals surface area contributed by atoms with Crippen LogP contribution in [-0.2, 0) is 4.74 Å². The quantitative estimate of drug-likeness (QED) is 0.870. The van der Waals surface area contributed by atoms with Crippen LogP contribution in [0.5, 0.6) is 0 Å². The van der Waals surface area contributed by atoms with Gasteiger partial charge in [0.1, 0.15) is 6.61 Å². The molecular formula is C14H19N3O3. The molecule has 108 valence electrons. The summed E-state index contributed by atoms with van der Waals surface area (Å²) < 4.78 is 4.82. The standard InChI is InChI=1S/C14H19N3O3/c1-16(2)12-5-3-4-11(10-12)13(18)15-6-7-17-8-9-20-14(17)19/h3-5,10H,6-9H2,1-2H3,(H,15,18). The lowest BCUT2D eigenvalue weighted by Gasteiger charge is -2.15. The Labute approximate surface area is 118 Å². The predicted octanol–water partition coefficient (Wildman–Crippen LogP) is 0.935. The first-order chi connectivity index (χ1) is 9.58. The summed E-state index contributed by atoms with van der Waals surface area (Å²) >= 11 is 0. The van der Waals surface area contributed by atoms with Gasteiger partial charge in [-0.05, 0) is 18.2 Å². The summed E-state index contributed by atoms with van der Waals surface area (Å²) in [5, 5.41) is 2.81. The summed E-state index contributed by atoms with van der Waals surface area (Å²) in [7, 11) is 3.85. The molecule has 0 radical (unpaired) electrons. The predicted molar refractivity (Wildman–Crippen MR) is 76.0 cm³/mol. The van der Waals surface area contributed by atoms with Crippen molar-refractivity contribution in [3.8, 4) is 0 Å². The van der Waals surface area contributed by atoms with Gasteiger partial charge in [0.2, 0.25) is 0 Å². The molecule has 2 amide bonds. The van der Waals surface area contributed by atoms with Gasteiger partial charge in [0, 0.05) is 38.4 Å². The second-order valence-electron chi connectivity index (χ2n) is 4.80. The van der Waals surface area contributed by atoms with E-state index < -0.39 is 0 Å². The summed E-state index contributed by atoms with van der Waals surface area (Å²) in [6, 6.07) is 7.39. The van der Waals surface area contributed by atoms with Gasteiger partial charge in [0.25, 0.3) is 5.91 Å². The van der Waals surface area contributed by atoms with Crippen molar-refractivity contribution < 1.29 is 14.3 Å². The number of amides is 2. The van der Waals surface area contributed by atoms with Crippen molar-refractivity contribution >= 4 is 17.7 Å². The molecule has 1 aromatic rings. The largest absolute Gasteiger partial charge is 0.448 e. The van der Waals surface area contributed by atoms with E-state index in [0.717, 1.165) is 5.69 Å². The van der Waals surface area contributed by atoms with Crippen molar-refractivity contribution in [1.29, 1.82) is 0 Å². The van der Waals surface area contributed by atoms with Crippen molar-refractivity contribution in [2.24, 2.45) is 0 Å². The first kappa shape index (κ1) is 14.2. The third-order valence-corrected chi connectivity index (χ3v) is 3.14. The summed E-state index contributed by atoms with van der Waals surface area (Å²) in [6.45, 7) is 1.90. The molecule has 6 nitrogen and oxygen atoms in total. The number of hydrogen-bond acceptors (Lipinski definition) is 4. The molecule has 1 N–H and O–H groups in total. The van der Waals surface area contributed by atoms with Gasteiger partial charge in [-0.2, -0.15) is 0 Å². The lowest BCUT2D eigenvalue weighted by Crippen LogP contribution is -2.35. The monoisotopic (exact) mass is 277 g/mol. The van der Waals surface area contributed by atoms with E-state index in [1.54, 1.807) is 11.0 Å². The van der Waals surface area contributed by atoms with Gasteiger partial charge in [-0.3, -0.25) is 4.79 Å². The average molecular weight is 277 g/mol. The van der Waals surface area contributed by atoms with Crippen molar-refractivity contribution in [2.45, 2.75) is 0 Å². The third-order valence-electron chi connectivity index (χ3n) is 3.14. The van der Waals surface area contributed by atoms with Gasteiger partial charge in [0.15, 0.2) is 0 Å². The molecule has 0 saturated carbocycles. The highest BCUT2D eigenvalue weighted by molar-refractivity contribution is 5.95. The first-order valence-electron chi connectivity index (χ1n) is 6.55. The SMILES string of the molecule is CN(C)c1cccc(C(=O)NCCN2CCOC2=O)c1. The van der Waals surface area contributed by atoms with Gasteiger partial charge in [0.05, 0.1) is 6.54 Å². The van der Waals surface area contributed by atoms with Crippen LogP contribution < -0.4 is 10.2 Å². The maximum absolute atomic E-state index is 12.0. The van der Waals surface area contributed by atoms with E-state index >= 15 is 0 Å². The van der Waals surface area contributed by atoms with Crippen LogP contribution in [0.2, 0.25) is 0 Å². The Balaban J connectivity index is 1.85. The van der Waals surface area contributed by atoms with Crippen molar-refractivity contribution in [1.82, 2.24) is 10.2 Å². The molecule has 0 bridgehead atoms. The Morgan fingerprint density at radius 3 is 2.90 bits per heavy atom. The summed E-state index contributed by atoms with van der Waals surface area (Å²) in [5.74, 6) is -0.138. The topological polar surface area (TPSA) is 61.9 Å². The van der Waals surface area contributed by atoms with E-state index in [2.05, 4.69) is 5.32 Å². The maximum Gasteiger partial charge on any atom is 0.409 e. The van der Waals surface area contributed by atoms with Gasteiger partial charge in [-0.1, -0.05) is 6.07 Å². The molecule has 1 aliphatic rings. The molecule has 0 aromatic heterocycles. The van der Waals surface area contributed by atoms with Gasteiger partial charge >= 0.3 is 6.09 Å². The zero-order valence-electron chi connectivity index (χ0n) is 11.8. The highest BCUT2D eigenvalue weighted by atomic mass is 16.6. The zero-order valence-corrected chi connectivity index (χ0v) is 11.8. The second-order valence-corrected chi connectivity index (χ2v) is 4.80. The average Bonchev–Trinajstić information content (AvgIpc) is 2.84. The fraction of sp³-hybridized carbons (Fsp3) is 0.429. The van der Waals surface area contributed by atoms with Crippen LogP contribution in [-0.4, -0.2) is 57.2 Å². The van der Waals surface area contributed by atoms with Crippen LogP contribution in [0.25, 0.3) is 0 Å². The molecule has 0 aliphatic carbocycles. The number of nitrogens with zero attached hydrogens (tertiary/aromatic N) is 2. The first-order valence-corrected chi connectivity index (χ1v) is 6.55. The van der Waals surface area contributed by atoms with Crippen LogP contribution in [0.3, 0.4) is 0 Å². The third kappa shape index (κ3) is 3.40. The van der Waals surface area contributed by atoms with E-state index in [9.17, 15) is 9.59 Å². The number of carbonyl (C=O) groups is 2. The van der Waals surface area contributed by atoms with Crippen LogP contribution in [0.1, 0.15) is 10.4 Å². The van der Waals surface area contributed by atoms with E-state index in [-0.39, 0.29) is 12.0 Å². The molecule has 0 unspecified atom stereocenters. The molecule has 1 saturated heterocycles.